The van der Waals surface area contributed by atoms with E-state index in [1.807, 2.05) is 0 Å². The Labute approximate surface area is 159 Å². The zero-order valence-electron chi connectivity index (χ0n) is 15.1. The number of nitrogens with zero attached hydrogens (tertiary/aromatic N) is 2. The molecule has 2 fully saturated rings. The lowest BCUT2D eigenvalue weighted by Crippen LogP contribution is -2.48. The minimum atomic E-state index is -0.329. The molecule has 2 saturated heterocycles. The number of amides is 2. The lowest BCUT2D eigenvalue weighted by atomic mass is 10.0. The Morgan fingerprint density at radius 1 is 1.23 bits per heavy atom. The molecule has 2 aliphatic heterocycles. The molecule has 7 nitrogen and oxygen atoms in total. The van der Waals surface area contributed by atoms with E-state index in [2.05, 4.69) is 0 Å². The molecule has 26 heavy (non-hydrogen) atoms. The van der Waals surface area contributed by atoms with Gasteiger partial charge in [0.1, 0.15) is 11.5 Å². The third kappa shape index (κ3) is 4.04. The van der Waals surface area contributed by atoms with Crippen LogP contribution in [-0.4, -0.2) is 56.6 Å². The third-order valence-corrected chi connectivity index (χ3v) is 4.92. The summed E-state index contributed by atoms with van der Waals surface area (Å²) in [7, 11) is 3.13. The minimum absolute atomic E-state index is 0. The molecule has 0 saturated carbocycles. The number of halogens is 1. The van der Waals surface area contributed by atoms with Gasteiger partial charge < -0.3 is 25.0 Å². The van der Waals surface area contributed by atoms with Gasteiger partial charge in [-0.3, -0.25) is 9.59 Å². The molecular formula is C18H26ClN3O4. The minimum Gasteiger partial charge on any atom is -0.497 e. The predicted octanol–water partition coefficient (Wildman–Crippen LogP) is 1.43. The number of benzene rings is 1. The quantitative estimate of drug-likeness (QED) is 0.850. The molecule has 2 heterocycles. The van der Waals surface area contributed by atoms with Gasteiger partial charge in [0.15, 0.2) is 0 Å². The second-order valence-corrected chi connectivity index (χ2v) is 6.63. The van der Waals surface area contributed by atoms with Crippen molar-refractivity contribution in [2.75, 3.05) is 38.8 Å². The number of carbonyl (C=O) groups is 2. The van der Waals surface area contributed by atoms with Crippen LogP contribution >= 0.6 is 12.4 Å². The van der Waals surface area contributed by atoms with Crippen LogP contribution in [0.4, 0.5) is 5.69 Å². The summed E-state index contributed by atoms with van der Waals surface area (Å²) in [6.45, 7) is 1.67. The molecule has 1 aromatic carbocycles. The van der Waals surface area contributed by atoms with Gasteiger partial charge in [-0.05, 0) is 25.0 Å². The van der Waals surface area contributed by atoms with E-state index in [0.29, 0.717) is 30.3 Å². The van der Waals surface area contributed by atoms with Crippen molar-refractivity contribution >= 4 is 29.9 Å². The number of methoxy groups -OCH3 is 2. The summed E-state index contributed by atoms with van der Waals surface area (Å²) in [5, 5.41) is 0. The number of ether oxygens (including phenoxy) is 2. The molecular weight excluding hydrogens is 358 g/mol. The van der Waals surface area contributed by atoms with Crippen molar-refractivity contribution in [1.29, 1.82) is 0 Å². The van der Waals surface area contributed by atoms with E-state index in [4.69, 9.17) is 15.2 Å². The molecule has 0 aliphatic carbocycles. The van der Waals surface area contributed by atoms with Gasteiger partial charge in [0.05, 0.1) is 25.8 Å². The van der Waals surface area contributed by atoms with Gasteiger partial charge in [0.2, 0.25) is 11.8 Å². The molecule has 2 atom stereocenters. The highest BCUT2D eigenvalue weighted by molar-refractivity contribution is 6.01. The lowest BCUT2D eigenvalue weighted by Gasteiger charge is -2.32. The summed E-state index contributed by atoms with van der Waals surface area (Å²) in [4.78, 5) is 28.7. The van der Waals surface area contributed by atoms with E-state index in [-0.39, 0.29) is 42.6 Å². The number of carbonyl (C=O) groups excluding carboxylic acids is 2. The fourth-order valence-electron chi connectivity index (χ4n) is 3.58. The monoisotopic (exact) mass is 383 g/mol. The first-order valence-electron chi connectivity index (χ1n) is 8.60. The molecule has 2 aliphatic rings. The second-order valence-electron chi connectivity index (χ2n) is 6.63. The first-order chi connectivity index (χ1) is 12.0. The Morgan fingerprint density at radius 2 is 2.00 bits per heavy atom. The van der Waals surface area contributed by atoms with Crippen molar-refractivity contribution in [1.82, 2.24) is 4.90 Å². The molecule has 3 rings (SSSR count). The van der Waals surface area contributed by atoms with Crippen LogP contribution in [0.25, 0.3) is 0 Å². The van der Waals surface area contributed by atoms with Crippen molar-refractivity contribution in [3.8, 4) is 11.5 Å². The van der Waals surface area contributed by atoms with Crippen molar-refractivity contribution in [2.24, 2.45) is 11.7 Å². The molecule has 0 spiro atoms. The summed E-state index contributed by atoms with van der Waals surface area (Å²) < 4.78 is 10.6. The topological polar surface area (TPSA) is 85.1 Å². The van der Waals surface area contributed by atoms with Crippen LogP contribution in [0.5, 0.6) is 11.5 Å². The highest BCUT2D eigenvalue weighted by Gasteiger charge is 2.39. The average Bonchev–Trinajstić information content (AvgIpc) is 3.02. The van der Waals surface area contributed by atoms with Crippen LogP contribution in [0.1, 0.15) is 19.3 Å². The summed E-state index contributed by atoms with van der Waals surface area (Å²) in [6.07, 6.45) is 2.09. The van der Waals surface area contributed by atoms with E-state index < -0.39 is 0 Å². The zero-order chi connectivity index (χ0) is 18.0. The van der Waals surface area contributed by atoms with Crippen molar-refractivity contribution < 1.29 is 19.1 Å². The highest BCUT2D eigenvalue weighted by Crippen LogP contribution is 2.36. The largest absolute Gasteiger partial charge is 0.497 e. The van der Waals surface area contributed by atoms with Crippen LogP contribution < -0.4 is 20.1 Å². The van der Waals surface area contributed by atoms with Crippen LogP contribution in [-0.2, 0) is 9.59 Å². The van der Waals surface area contributed by atoms with E-state index in [0.717, 1.165) is 19.4 Å². The number of rotatable bonds is 4. The van der Waals surface area contributed by atoms with Gasteiger partial charge in [-0.15, -0.1) is 12.4 Å². The predicted molar refractivity (Wildman–Crippen MR) is 101 cm³/mol. The van der Waals surface area contributed by atoms with Crippen molar-refractivity contribution in [3.63, 3.8) is 0 Å². The molecule has 0 radical (unpaired) electrons. The maximum Gasteiger partial charge on any atom is 0.228 e. The molecule has 1 aromatic rings. The first kappa shape index (κ1) is 20.3. The number of hydrogen-bond donors (Lipinski definition) is 1. The molecule has 0 aromatic heterocycles. The normalized spacial score (nSPS) is 22.8. The lowest BCUT2D eigenvalue weighted by molar-refractivity contribution is -0.136. The molecule has 2 N–H and O–H groups in total. The summed E-state index contributed by atoms with van der Waals surface area (Å²) in [5.41, 5.74) is 6.64. The Morgan fingerprint density at radius 3 is 2.65 bits per heavy atom. The third-order valence-electron chi connectivity index (χ3n) is 4.92. The summed E-state index contributed by atoms with van der Waals surface area (Å²) in [6, 6.07) is 5.34. The fraction of sp³-hybridized carbons (Fsp3) is 0.556. The molecule has 2 unspecified atom stereocenters. The Bertz CT molecular complexity index is 670. The standard InChI is InChI=1S/C18H25N3O4.ClH/c1-24-14-5-6-15(16(9-14)25-2)21-10-12(8-17(21)22)18(23)20-7-3-4-13(19)11-20;/h5-6,9,12-13H,3-4,7-8,10-11,19H2,1-2H3;1H. The van der Waals surface area contributed by atoms with E-state index in [1.165, 1.54) is 0 Å². The van der Waals surface area contributed by atoms with E-state index >= 15 is 0 Å². The number of piperidine rings is 1. The Kier molecular flexibility index (Phi) is 6.72. The van der Waals surface area contributed by atoms with Crippen LogP contribution in [0.2, 0.25) is 0 Å². The van der Waals surface area contributed by atoms with Gasteiger partial charge in [0, 0.05) is 38.2 Å². The molecule has 144 valence electrons. The van der Waals surface area contributed by atoms with Crippen molar-refractivity contribution in [3.05, 3.63) is 18.2 Å². The van der Waals surface area contributed by atoms with Gasteiger partial charge in [-0.2, -0.15) is 0 Å². The fourth-order valence-corrected chi connectivity index (χ4v) is 3.58. The van der Waals surface area contributed by atoms with Gasteiger partial charge in [-0.1, -0.05) is 0 Å². The van der Waals surface area contributed by atoms with Crippen LogP contribution in [0, 0.1) is 5.92 Å². The summed E-state index contributed by atoms with van der Waals surface area (Å²) in [5.74, 6) is 0.842. The number of hydrogen-bond acceptors (Lipinski definition) is 5. The van der Waals surface area contributed by atoms with Gasteiger partial charge in [0.25, 0.3) is 0 Å². The van der Waals surface area contributed by atoms with Gasteiger partial charge in [-0.25, -0.2) is 0 Å². The second kappa shape index (κ2) is 8.60. The Hall–Kier alpha value is -1.99. The first-order valence-corrected chi connectivity index (χ1v) is 8.60. The maximum atomic E-state index is 12.8. The average molecular weight is 384 g/mol. The summed E-state index contributed by atoms with van der Waals surface area (Å²) >= 11 is 0. The number of anilines is 1. The highest BCUT2D eigenvalue weighted by atomic mass is 35.5. The van der Waals surface area contributed by atoms with Gasteiger partial charge >= 0.3 is 0 Å². The Balaban J connectivity index is 0.00000243. The van der Waals surface area contributed by atoms with Crippen LogP contribution in [0.15, 0.2) is 18.2 Å². The molecule has 8 heteroatoms. The van der Waals surface area contributed by atoms with Crippen LogP contribution in [0.3, 0.4) is 0 Å². The van der Waals surface area contributed by atoms with E-state index in [9.17, 15) is 9.59 Å². The number of likely N-dealkylation sites (tertiary alicyclic amines) is 1. The number of nitrogens with two attached hydrogens (primary N) is 1. The van der Waals surface area contributed by atoms with E-state index in [1.54, 1.807) is 42.2 Å². The maximum absolute atomic E-state index is 12.8. The SMILES string of the molecule is COc1ccc(N2CC(C(=O)N3CCCC(N)C3)CC2=O)c(OC)c1.Cl. The smallest absolute Gasteiger partial charge is 0.228 e. The molecule has 0 bridgehead atoms. The van der Waals surface area contributed by atoms with Crippen molar-refractivity contribution in [2.45, 2.75) is 25.3 Å². The zero-order valence-corrected chi connectivity index (χ0v) is 16.0. The molecule has 2 amide bonds.